The summed E-state index contributed by atoms with van der Waals surface area (Å²) in [5.74, 6) is 0. The van der Waals surface area contributed by atoms with Crippen LogP contribution in [0.5, 0.6) is 0 Å². The highest BCUT2D eigenvalue weighted by Crippen LogP contribution is 2.46. The van der Waals surface area contributed by atoms with Gasteiger partial charge in [0.1, 0.15) is 0 Å². The Labute approximate surface area is 311 Å². The van der Waals surface area contributed by atoms with Crippen LogP contribution in [0.25, 0.3) is 108 Å². The molecule has 246 valence electrons. The molecule has 0 N–H and O–H groups in total. The molecule has 0 saturated heterocycles. The molecule has 0 amide bonds. The summed E-state index contributed by atoms with van der Waals surface area (Å²) in [6.45, 7) is 0. The molecule has 1 heteroatoms. The summed E-state index contributed by atoms with van der Waals surface area (Å²) in [5.41, 5.74) is 9.99. The number of thiophene rings is 1. The third kappa shape index (κ3) is 4.82. The standard InChI is InChI=1S/C52H32S/c1-2-13-37-31-38(26-21-33(37)11-1)41-15-6-5-14-40(41)35-22-24-36(25-23-35)50-43-17-7-9-19-45(43)51(46-20-10-8-18-44(46)50)39-27-29-47-49(32-39)53-48-30-28-34-12-3-4-16-42(34)52(47)48/h1-32H. The van der Waals surface area contributed by atoms with Crippen molar-refractivity contribution in [2.24, 2.45) is 0 Å². The molecule has 53 heavy (non-hydrogen) atoms. The highest BCUT2D eigenvalue weighted by molar-refractivity contribution is 7.26. The second-order valence-corrected chi connectivity index (χ2v) is 15.1. The molecule has 0 atom stereocenters. The Morgan fingerprint density at radius 2 is 0.755 bits per heavy atom. The molecule has 0 nitrogen and oxygen atoms in total. The van der Waals surface area contributed by atoms with Crippen molar-refractivity contribution < 1.29 is 0 Å². The molecule has 0 spiro atoms. The molecule has 0 bridgehead atoms. The minimum Gasteiger partial charge on any atom is -0.135 e. The predicted molar refractivity (Wildman–Crippen MR) is 231 cm³/mol. The molecule has 0 fully saturated rings. The van der Waals surface area contributed by atoms with Crippen molar-refractivity contribution in [2.45, 2.75) is 0 Å². The first-order valence-corrected chi connectivity index (χ1v) is 19.1. The maximum absolute atomic E-state index is 2.42. The third-order valence-electron chi connectivity index (χ3n) is 11.1. The van der Waals surface area contributed by atoms with Crippen molar-refractivity contribution in [3.8, 4) is 44.5 Å². The lowest BCUT2D eigenvalue weighted by Crippen LogP contribution is -1.91. The smallest absolute Gasteiger partial charge is 0.0361 e. The van der Waals surface area contributed by atoms with E-state index in [0.29, 0.717) is 0 Å². The minimum atomic E-state index is 1.21. The summed E-state index contributed by atoms with van der Waals surface area (Å²) < 4.78 is 2.66. The van der Waals surface area contributed by atoms with Gasteiger partial charge in [-0.05, 0) is 106 Å². The van der Waals surface area contributed by atoms with E-state index in [1.807, 2.05) is 11.3 Å². The van der Waals surface area contributed by atoms with E-state index < -0.39 is 0 Å². The molecule has 11 aromatic rings. The maximum Gasteiger partial charge on any atom is 0.0361 e. The van der Waals surface area contributed by atoms with E-state index >= 15 is 0 Å². The van der Waals surface area contributed by atoms with Gasteiger partial charge < -0.3 is 0 Å². The number of rotatable bonds is 4. The zero-order chi connectivity index (χ0) is 34.9. The van der Waals surface area contributed by atoms with Crippen molar-refractivity contribution >= 4 is 74.6 Å². The summed E-state index contributed by atoms with van der Waals surface area (Å²) in [6, 6.07) is 71.7. The lowest BCUT2D eigenvalue weighted by Gasteiger charge is -2.18. The van der Waals surface area contributed by atoms with Crippen LogP contribution in [0.4, 0.5) is 0 Å². The fourth-order valence-electron chi connectivity index (χ4n) is 8.61. The first-order valence-electron chi connectivity index (χ1n) is 18.3. The quantitative estimate of drug-likeness (QED) is 0.162. The van der Waals surface area contributed by atoms with Crippen molar-refractivity contribution in [1.29, 1.82) is 0 Å². The van der Waals surface area contributed by atoms with Crippen LogP contribution in [0.15, 0.2) is 194 Å². The maximum atomic E-state index is 2.42. The van der Waals surface area contributed by atoms with E-state index in [4.69, 9.17) is 0 Å². The van der Waals surface area contributed by atoms with Gasteiger partial charge in [0.2, 0.25) is 0 Å². The van der Waals surface area contributed by atoms with Gasteiger partial charge in [0.15, 0.2) is 0 Å². The normalized spacial score (nSPS) is 11.8. The Balaban J connectivity index is 1.06. The average Bonchev–Trinajstić information content (AvgIpc) is 3.61. The van der Waals surface area contributed by atoms with Crippen molar-refractivity contribution in [3.05, 3.63) is 194 Å². The fourth-order valence-corrected chi connectivity index (χ4v) is 9.77. The zero-order valence-electron chi connectivity index (χ0n) is 28.9. The molecule has 1 heterocycles. The SMILES string of the molecule is c1ccc(-c2ccc3ccccc3c2)c(-c2ccc(-c3c4ccccc4c(-c4ccc5c(c4)sc4ccc6ccccc6c45)c4ccccc34)cc2)c1. The molecule has 0 aliphatic rings. The van der Waals surface area contributed by atoms with Gasteiger partial charge in [-0.2, -0.15) is 0 Å². The first-order chi connectivity index (χ1) is 26.3. The van der Waals surface area contributed by atoms with Gasteiger partial charge >= 0.3 is 0 Å². The Bertz CT molecular complexity index is 3160. The van der Waals surface area contributed by atoms with Crippen molar-refractivity contribution in [2.75, 3.05) is 0 Å². The number of benzene rings is 10. The molecule has 0 saturated carbocycles. The van der Waals surface area contributed by atoms with Crippen LogP contribution in [0.1, 0.15) is 0 Å². The van der Waals surface area contributed by atoms with Gasteiger partial charge in [-0.25, -0.2) is 0 Å². The molecule has 10 aromatic carbocycles. The van der Waals surface area contributed by atoms with E-state index in [0.717, 1.165) is 0 Å². The van der Waals surface area contributed by atoms with E-state index in [-0.39, 0.29) is 0 Å². The topological polar surface area (TPSA) is 0 Å². The van der Waals surface area contributed by atoms with Crippen LogP contribution in [-0.4, -0.2) is 0 Å². The van der Waals surface area contributed by atoms with Crippen molar-refractivity contribution in [1.82, 2.24) is 0 Å². The molecule has 0 radical (unpaired) electrons. The lowest BCUT2D eigenvalue weighted by atomic mass is 9.85. The van der Waals surface area contributed by atoms with E-state index in [1.54, 1.807) is 0 Å². The van der Waals surface area contributed by atoms with E-state index in [9.17, 15) is 0 Å². The largest absolute Gasteiger partial charge is 0.135 e. The summed E-state index contributed by atoms with van der Waals surface area (Å²) >= 11 is 1.90. The Morgan fingerprint density at radius 3 is 1.45 bits per heavy atom. The second kappa shape index (κ2) is 12.0. The Kier molecular flexibility index (Phi) is 6.83. The van der Waals surface area contributed by atoms with Crippen LogP contribution in [0.2, 0.25) is 0 Å². The van der Waals surface area contributed by atoms with Gasteiger partial charge in [-0.15, -0.1) is 11.3 Å². The molecule has 0 aliphatic heterocycles. The summed E-state index contributed by atoms with van der Waals surface area (Å²) in [5, 5.41) is 12.9. The zero-order valence-corrected chi connectivity index (χ0v) is 29.7. The van der Waals surface area contributed by atoms with Gasteiger partial charge in [0, 0.05) is 20.2 Å². The Hall–Kier alpha value is -6.54. The molecule has 0 aliphatic carbocycles. The molecule has 0 unspecified atom stereocenters. The third-order valence-corrected chi connectivity index (χ3v) is 12.2. The van der Waals surface area contributed by atoms with Crippen LogP contribution < -0.4 is 0 Å². The van der Waals surface area contributed by atoms with E-state index in [2.05, 4.69) is 194 Å². The van der Waals surface area contributed by atoms with Gasteiger partial charge in [0.05, 0.1) is 0 Å². The summed E-state index contributed by atoms with van der Waals surface area (Å²) in [7, 11) is 0. The van der Waals surface area contributed by atoms with Crippen LogP contribution in [-0.2, 0) is 0 Å². The van der Waals surface area contributed by atoms with Gasteiger partial charge in [-0.3, -0.25) is 0 Å². The monoisotopic (exact) mass is 688 g/mol. The minimum absolute atomic E-state index is 1.21. The van der Waals surface area contributed by atoms with Gasteiger partial charge in [-0.1, -0.05) is 176 Å². The summed E-state index contributed by atoms with van der Waals surface area (Å²) in [4.78, 5) is 0. The molecule has 11 rings (SSSR count). The molecule has 1 aromatic heterocycles. The number of hydrogen-bond acceptors (Lipinski definition) is 1. The predicted octanol–water partition coefficient (Wildman–Crippen LogP) is 15.3. The number of fused-ring (bicyclic) bond motifs is 8. The summed E-state index contributed by atoms with van der Waals surface area (Å²) in [6.07, 6.45) is 0. The van der Waals surface area contributed by atoms with Crippen molar-refractivity contribution in [3.63, 3.8) is 0 Å². The Morgan fingerprint density at radius 1 is 0.264 bits per heavy atom. The van der Waals surface area contributed by atoms with Crippen LogP contribution in [0, 0.1) is 0 Å². The molecular weight excluding hydrogens is 657 g/mol. The second-order valence-electron chi connectivity index (χ2n) is 14.0. The van der Waals surface area contributed by atoms with E-state index in [1.165, 1.54) is 108 Å². The lowest BCUT2D eigenvalue weighted by molar-refractivity contribution is 1.59. The average molecular weight is 689 g/mol. The first kappa shape index (κ1) is 30.1. The highest BCUT2D eigenvalue weighted by Gasteiger charge is 2.18. The van der Waals surface area contributed by atoms with Crippen LogP contribution >= 0.6 is 11.3 Å². The fraction of sp³-hybridized carbons (Fsp3) is 0. The number of hydrogen-bond donors (Lipinski definition) is 0. The molecular formula is C52H32S. The van der Waals surface area contributed by atoms with Crippen LogP contribution in [0.3, 0.4) is 0 Å². The van der Waals surface area contributed by atoms with Gasteiger partial charge in [0.25, 0.3) is 0 Å². The highest BCUT2D eigenvalue weighted by atomic mass is 32.1.